The maximum atomic E-state index is 11.8. The predicted molar refractivity (Wildman–Crippen MR) is 73.9 cm³/mol. The topological polar surface area (TPSA) is 90.0 Å². The summed E-state index contributed by atoms with van der Waals surface area (Å²) in [7, 11) is -1.38. The SMILES string of the molecule is CC(=O)CN(C)C(=O)C(C)OC(=O)C(C)OP(C)(C)=O. The Labute approximate surface area is 119 Å². The summed E-state index contributed by atoms with van der Waals surface area (Å²) in [5.41, 5.74) is 0. The highest BCUT2D eigenvalue weighted by Crippen LogP contribution is 2.39. The molecule has 0 N–H and O–H groups in total. The van der Waals surface area contributed by atoms with E-state index in [0.717, 1.165) is 0 Å². The van der Waals surface area contributed by atoms with E-state index in [0.29, 0.717) is 0 Å². The molecule has 116 valence electrons. The van der Waals surface area contributed by atoms with Gasteiger partial charge in [0.05, 0.1) is 6.54 Å². The fraction of sp³-hybridized carbons (Fsp3) is 0.750. The molecule has 0 spiro atoms. The van der Waals surface area contributed by atoms with Crippen LogP contribution in [0.4, 0.5) is 0 Å². The van der Waals surface area contributed by atoms with Crippen molar-refractivity contribution in [1.82, 2.24) is 4.90 Å². The summed E-state index contributed by atoms with van der Waals surface area (Å²) in [5.74, 6) is -1.43. The molecule has 1 amide bonds. The van der Waals surface area contributed by atoms with Crippen molar-refractivity contribution in [3.63, 3.8) is 0 Å². The van der Waals surface area contributed by atoms with Crippen LogP contribution in [0.15, 0.2) is 0 Å². The third-order valence-electron chi connectivity index (χ3n) is 2.22. The molecule has 2 unspecified atom stereocenters. The van der Waals surface area contributed by atoms with Crippen LogP contribution in [0.3, 0.4) is 0 Å². The number of likely N-dealkylation sites (N-methyl/N-ethyl adjacent to an activating group) is 1. The van der Waals surface area contributed by atoms with Gasteiger partial charge in [-0.3, -0.25) is 14.2 Å². The molecule has 0 saturated carbocycles. The Kier molecular flexibility index (Phi) is 7.09. The number of carbonyl (C=O) groups is 3. The lowest BCUT2D eigenvalue weighted by Crippen LogP contribution is -2.41. The molecule has 0 rings (SSSR count). The largest absolute Gasteiger partial charge is 0.451 e. The lowest BCUT2D eigenvalue weighted by Gasteiger charge is -2.22. The Morgan fingerprint density at radius 2 is 1.65 bits per heavy atom. The van der Waals surface area contributed by atoms with Gasteiger partial charge in [-0.2, -0.15) is 0 Å². The molecule has 0 aliphatic carbocycles. The van der Waals surface area contributed by atoms with Gasteiger partial charge in [0.15, 0.2) is 19.6 Å². The molecule has 0 heterocycles. The molecule has 7 nitrogen and oxygen atoms in total. The van der Waals surface area contributed by atoms with Gasteiger partial charge in [0.25, 0.3) is 5.91 Å². The Morgan fingerprint density at radius 3 is 2.05 bits per heavy atom. The summed E-state index contributed by atoms with van der Waals surface area (Å²) >= 11 is 0. The first kappa shape index (κ1) is 18.8. The highest BCUT2D eigenvalue weighted by Gasteiger charge is 2.27. The number of nitrogens with zero attached hydrogens (tertiary/aromatic N) is 1. The van der Waals surface area contributed by atoms with Crippen LogP contribution in [0, 0.1) is 0 Å². The van der Waals surface area contributed by atoms with Gasteiger partial charge in [-0.1, -0.05) is 0 Å². The zero-order valence-corrected chi connectivity index (χ0v) is 13.6. The molecule has 20 heavy (non-hydrogen) atoms. The lowest BCUT2D eigenvalue weighted by atomic mass is 10.3. The monoisotopic (exact) mass is 307 g/mol. The number of amides is 1. The standard InChI is InChI=1S/C12H22NO6P/c1-8(14)7-13(4)11(15)9(2)18-12(16)10(3)19-20(5,6)17/h9-10H,7H2,1-6H3. The third-order valence-corrected chi connectivity index (χ3v) is 3.04. The van der Waals surface area contributed by atoms with Gasteiger partial charge in [0.2, 0.25) is 0 Å². The van der Waals surface area contributed by atoms with Gasteiger partial charge in [0, 0.05) is 20.4 Å². The molecule has 2 atom stereocenters. The number of carbonyl (C=O) groups excluding carboxylic acids is 3. The van der Waals surface area contributed by atoms with Crippen LogP contribution in [0.25, 0.3) is 0 Å². The Balaban J connectivity index is 4.48. The van der Waals surface area contributed by atoms with Gasteiger partial charge in [-0.25, -0.2) is 4.79 Å². The molecular formula is C12H22NO6P. The lowest BCUT2D eigenvalue weighted by molar-refractivity contribution is -0.163. The van der Waals surface area contributed by atoms with Gasteiger partial charge in [-0.05, 0) is 20.8 Å². The Bertz CT molecular complexity index is 430. The van der Waals surface area contributed by atoms with Crippen molar-refractivity contribution in [2.75, 3.05) is 26.9 Å². The molecule has 0 fully saturated rings. The minimum atomic E-state index is -2.82. The van der Waals surface area contributed by atoms with E-state index in [9.17, 15) is 18.9 Å². The molecule has 0 aliphatic rings. The summed E-state index contributed by atoms with van der Waals surface area (Å²) in [6.07, 6.45) is -2.06. The third kappa shape index (κ3) is 7.40. The second-order valence-electron chi connectivity index (χ2n) is 4.98. The summed E-state index contributed by atoms with van der Waals surface area (Å²) in [5, 5.41) is 0. The zero-order valence-electron chi connectivity index (χ0n) is 12.7. The van der Waals surface area contributed by atoms with E-state index in [4.69, 9.17) is 9.26 Å². The van der Waals surface area contributed by atoms with Gasteiger partial charge in [-0.15, -0.1) is 0 Å². The maximum Gasteiger partial charge on any atom is 0.336 e. The molecule has 8 heteroatoms. The van der Waals surface area contributed by atoms with E-state index in [1.165, 1.54) is 46.0 Å². The van der Waals surface area contributed by atoms with Gasteiger partial charge in [0.1, 0.15) is 5.78 Å². The predicted octanol–water partition coefficient (Wildman–Crippen LogP) is 0.908. The molecule has 0 aromatic carbocycles. The Morgan fingerprint density at radius 1 is 1.15 bits per heavy atom. The van der Waals surface area contributed by atoms with Crippen LogP contribution in [0.1, 0.15) is 20.8 Å². The van der Waals surface area contributed by atoms with Crippen LogP contribution < -0.4 is 0 Å². The molecule has 0 aliphatic heterocycles. The first-order chi connectivity index (χ1) is 8.94. The maximum absolute atomic E-state index is 11.8. The second-order valence-corrected chi connectivity index (χ2v) is 7.69. The smallest absolute Gasteiger partial charge is 0.336 e. The van der Waals surface area contributed by atoms with E-state index in [-0.39, 0.29) is 12.3 Å². The van der Waals surface area contributed by atoms with Gasteiger partial charge < -0.3 is 14.2 Å². The number of Topliss-reactive ketones (excluding diaryl/α,β-unsaturated/α-hetero) is 1. The van der Waals surface area contributed by atoms with Crippen LogP contribution in [-0.4, -0.2) is 61.7 Å². The van der Waals surface area contributed by atoms with Crippen molar-refractivity contribution >= 4 is 25.0 Å². The molecule has 0 saturated heterocycles. The van der Waals surface area contributed by atoms with E-state index in [1.807, 2.05) is 0 Å². The summed E-state index contributed by atoms with van der Waals surface area (Å²) in [4.78, 5) is 35.6. The highest BCUT2D eigenvalue weighted by molar-refractivity contribution is 7.57. The van der Waals surface area contributed by atoms with Crippen molar-refractivity contribution in [3.05, 3.63) is 0 Å². The number of esters is 1. The average Bonchev–Trinajstić information content (AvgIpc) is 2.24. The molecular weight excluding hydrogens is 285 g/mol. The molecule has 0 aromatic heterocycles. The summed E-state index contributed by atoms with van der Waals surface area (Å²) in [6.45, 7) is 6.87. The van der Waals surface area contributed by atoms with Crippen LogP contribution >= 0.6 is 7.37 Å². The van der Waals surface area contributed by atoms with Crippen LogP contribution in [-0.2, 0) is 28.2 Å². The van der Waals surface area contributed by atoms with Crippen molar-refractivity contribution < 1.29 is 28.2 Å². The number of ketones is 1. The fourth-order valence-electron chi connectivity index (χ4n) is 1.47. The number of hydrogen-bond acceptors (Lipinski definition) is 6. The minimum Gasteiger partial charge on any atom is -0.451 e. The molecule has 0 radical (unpaired) electrons. The first-order valence-electron chi connectivity index (χ1n) is 6.12. The summed E-state index contributed by atoms with van der Waals surface area (Å²) < 4.78 is 21.4. The average molecular weight is 307 g/mol. The van der Waals surface area contributed by atoms with Crippen LogP contribution in [0.2, 0.25) is 0 Å². The van der Waals surface area contributed by atoms with E-state index >= 15 is 0 Å². The summed E-state index contributed by atoms with van der Waals surface area (Å²) in [6, 6.07) is 0. The second kappa shape index (κ2) is 7.55. The number of rotatable bonds is 7. The van der Waals surface area contributed by atoms with Crippen molar-refractivity contribution in [3.8, 4) is 0 Å². The minimum absolute atomic E-state index is 0.0497. The van der Waals surface area contributed by atoms with Crippen LogP contribution in [0.5, 0.6) is 0 Å². The molecule has 0 bridgehead atoms. The fourth-order valence-corrected chi connectivity index (χ4v) is 2.31. The van der Waals surface area contributed by atoms with Crippen molar-refractivity contribution in [2.45, 2.75) is 33.0 Å². The normalized spacial score (nSPS) is 14.3. The van der Waals surface area contributed by atoms with E-state index in [2.05, 4.69) is 0 Å². The van der Waals surface area contributed by atoms with E-state index in [1.54, 1.807) is 0 Å². The highest BCUT2D eigenvalue weighted by atomic mass is 31.2. The quantitative estimate of drug-likeness (QED) is 0.513. The first-order valence-corrected chi connectivity index (χ1v) is 8.64. The number of hydrogen-bond donors (Lipinski definition) is 0. The van der Waals surface area contributed by atoms with Crippen molar-refractivity contribution in [1.29, 1.82) is 0 Å². The zero-order chi connectivity index (χ0) is 16.1. The number of ether oxygens (including phenoxy) is 1. The van der Waals surface area contributed by atoms with Gasteiger partial charge >= 0.3 is 5.97 Å². The Hall–Kier alpha value is -1.20. The van der Waals surface area contributed by atoms with E-state index < -0.39 is 31.5 Å². The molecule has 0 aromatic rings. The van der Waals surface area contributed by atoms with Crippen molar-refractivity contribution in [2.24, 2.45) is 0 Å².